The Morgan fingerprint density at radius 1 is 1.36 bits per heavy atom. The van der Waals surface area contributed by atoms with Gasteiger partial charge in [0.1, 0.15) is 18.7 Å². The van der Waals surface area contributed by atoms with Crippen LogP contribution in [-0.2, 0) is 4.79 Å². The third-order valence-corrected chi connectivity index (χ3v) is 3.53. The Morgan fingerprint density at radius 3 is 2.68 bits per heavy atom. The molecule has 0 aliphatic carbocycles. The van der Waals surface area contributed by atoms with Crippen molar-refractivity contribution in [1.29, 1.82) is 0 Å². The van der Waals surface area contributed by atoms with Crippen molar-refractivity contribution in [2.24, 2.45) is 5.92 Å². The molecule has 1 aromatic heterocycles. The Hall–Kier alpha value is -2.32. The molecule has 0 saturated carbocycles. The molecule has 9 heteroatoms. The average Bonchev–Trinajstić information content (AvgIpc) is 2.53. The van der Waals surface area contributed by atoms with Crippen LogP contribution in [0.25, 0.3) is 0 Å². The second-order valence-electron chi connectivity index (χ2n) is 6.22. The summed E-state index contributed by atoms with van der Waals surface area (Å²) in [4.78, 5) is 30.5. The Labute approximate surface area is 143 Å². The molecule has 25 heavy (non-hydrogen) atoms. The SMILES string of the molecule is CC(C)COc1ncccc1C(=O)N1CCN(CC(F)(F)F)C(=O)C1. The fourth-order valence-corrected chi connectivity index (χ4v) is 2.35. The fourth-order valence-electron chi connectivity index (χ4n) is 2.35. The van der Waals surface area contributed by atoms with Crippen LogP contribution >= 0.6 is 0 Å². The second kappa shape index (κ2) is 7.71. The van der Waals surface area contributed by atoms with E-state index in [-0.39, 0.29) is 30.5 Å². The molecule has 0 radical (unpaired) electrons. The van der Waals surface area contributed by atoms with Gasteiger partial charge in [0, 0.05) is 19.3 Å². The molecule has 0 aromatic carbocycles. The van der Waals surface area contributed by atoms with Crippen molar-refractivity contribution in [2.75, 3.05) is 32.8 Å². The number of piperazine rings is 1. The van der Waals surface area contributed by atoms with Crippen LogP contribution in [0.4, 0.5) is 13.2 Å². The van der Waals surface area contributed by atoms with Gasteiger partial charge in [-0.1, -0.05) is 13.8 Å². The van der Waals surface area contributed by atoms with E-state index < -0.39 is 31.1 Å². The van der Waals surface area contributed by atoms with Gasteiger partial charge >= 0.3 is 6.18 Å². The van der Waals surface area contributed by atoms with Gasteiger partial charge in [0.05, 0.1) is 6.61 Å². The van der Waals surface area contributed by atoms with E-state index in [4.69, 9.17) is 4.74 Å². The van der Waals surface area contributed by atoms with Crippen LogP contribution in [0.15, 0.2) is 18.3 Å². The molecule has 0 atom stereocenters. The maximum absolute atomic E-state index is 12.6. The summed E-state index contributed by atoms with van der Waals surface area (Å²) < 4.78 is 42.8. The molecule has 0 N–H and O–H groups in total. The summed E-state index contributed by atoms with van der Waals surface area (Å²) in [6, 6.07) is 3.09. The second-order valence-corrected chi connectivity index (χ2v) is 6.22. The molecule has 2 heterocycles. The topological polar surface area (TPSA) is 62.7 Å². The lowest BCUT2D eigenvalue weighted by atomic mass is 10.2. The highest BCUT2D eigenvalue weighted by Gasteiger charge is 2.36. The molecule has 6 nitrogen and oxygen atoms in total. The van der Waals surface area contributed by atoms with Gasteiger partial charge in [-0.25, -0.2) is 4.98 Å². The molecule has 1 saturated heterocycles. The number of carbonyl (C=O) groups is 2. The molecule has 2 rings (SSSR count). The Kier molecular flexibility index (Phi) is 5.86. The van der Waals surface area contributed by atoms with Gasteiger partial charge in [-0.3, -0.25) is 9.59 Å². The third kappa shape index (κ3) is 5.33. The van der Waals surface area contributed by atoms with Crippen molar-refractivity contribution in [3.63, 3.8) is 0 Å². The summed E-state index contributed by atoms with van der Waals surface area (Å²) in [5.41, 5.74) is 0.195. The monoisotopic (exact) mass is 359 g/mol. The molecule has 0 spiro atoms. The van der Waals surface area contributed by atoms with Crippen LogP contribution in [0.2, 0.25) is 0 Å². The summed E-state index contributed by atoms with van der Waals surface area (Å²) in [5, 5.41) is 0. The van der Waals surface area contributed by atoms with Crippen LogP contribution in [0, 0.1) is 5.92 Å². The Balaban J connectivity index is 2.06. The number of alkyl halides is 3. The van der Waals surface area contributed by atoms with Gasteiger partial charge in [-0.05, 0) is 18.1 Å². The van der Waals surface area contributed by atoms with Gasteiger partial charge < -0.3 is 14.5 Å². The predicted molar refractivity (Wildman–Crippen MR) is 83.1 cm³/mol. The zero-order chi connectivity index (χ0) is 18.6. The van der Waals surface area contributed by atoms with Crippen LogP contribution in [0.1, 0.15) is 24.2 Å². The first-order valence-electron chi connectivity index (χ1n) is 7.89. The minimum Gasteiger partial charge on any atom is -0.477 e. The maximum Gasteiger partial charge on any atom is 0.406 e. The average molecular weight is 359 g/mol. The minimum atomic E-state index is -4.46. The number of carbonyl (C=O) groups excluding carboxylic acids is 2. The van der Waals surface area contributed by atoms with Crippen molar-refractivity contribution in [3.05, 3.63) is 23.9 Å². The largest absolute Gasteiger partial charge is 0.477 e. The minimum absolute atomic E-state index is 0.0270. The molecular weight excluding hydrogens is 339 g/mol. The molecule has 0 bridgehead atoms. The first kappa shape index (κ1) is 19.0. The summed E-state index contributed by atoms with van der Waals surface area (Å²) in [6.07, 6.45) is -2.97. The van der Waals surface area contributed by atoms with Crippen LogP contribution < -0.4 is 4.74 Å². The first-order valence-corrected chi connectivity index (χ1v) is 7.89. The van der Waals surface area contributed by atoms with Gasteiger partial charge in [-0.2, -0.15) is 13.2 Å². The quantitative estimate of drug-likeness (QED) is 0.806. The van der Waals surface area contributed by atoms with E-state index in [1.54, 1.807) is 6.07 Å². The molecule has 2 amide bonds. The fraction of sp³-hybridized carbons (Fsp3) is 0.562. The number of aromatic nitrogens is 1. The summed E-state index contributed by atoms with van der Waals surface area (Å²) in [5.74, 6) is -0.818. The normalized spacial score (nSPS) is 15.7. The Bertz CT molecular complexity index is 635. The number of pyridine rings is 1. The summed E-state index contributed by atoms with van der Waals surface area (Å²) in [6.45, 7) is 2.43. The van der Waals surface area contributed by atoms with E-state index in [9.17, 15) is 22.8 Å². The van der Waals surface area contributed by atoms with E-state index in [2.05, 4.69) is 4.98 Å². The van der Waals surface area contributed by atoms with E-state index in [1.807, 2.05) is 13.8 Å². The van der Waals surface area contributed by atoms with E-state index in [1.165, 1.54) is 17.2 Å². The van der Waals surface area contributed by atoms with Crippen molar-refractivity contribution < 1.29 is 27.5 Å². The molecule has 1 aliphatic heterocycles. The van der Waals surface area contributed by atoms with Crippen molar-refractivity contribution >= 4 is 11.8 Å². The number of rotatable bonds is 5. The molecule has 138 valence electrons. The zero-order valence-electron chi connectivity index (χ0n) is 14.0. The highest BCUT2D eigenvalue weighted by Crippen LogP contribution is 2.21. The number of ether oxygens (including phenoxy) is 1. The smallest absolute Gasteiger partial charge is 0.406 e. The van der Waals surface area contributed by atoms with E-state index in [0.717, 1.165) is 0 Å². The molecule has 1 aromatic rings. The lowest BCUT2D eigenvalue weighted by Gasteiger charge is -2.34. The number of hydrogen-bond acceptors (Lipinski definition) is 4. The third-order valence-electron chi connectivity index (χ3n) is 3.53. The number of amides is 2. The van der Waals surface area contributed by atoms with Gasteiger partial charge in [0.25, 0.3) is 5.91 Å². The Morgan fingerprint density at radius 2 is 2.08 bits per heavy atom. The number of hydrogen-bond donors (Lipinski definition) is 0. The van der Waals surface area contributed by atoms with E-state index in [0.29, 0.717) is 11.5 Å². The maximum atomic E-state index is 12.6. The van der Waals surface area contributed by atoms with Crippen molar-refractivity contribution in [3.8, 4) is 5.88 Å². The van der Waals surface area contributed by atoms with Crippen LogP contribution in [0.3, 0.4) is 0 Å². The van der Waals surface area contributed by atoms with Crippen molar-refractivity contribution in [2.45, 2.75) is 20.0 Å². The highest BCUT2D eigenvalue weighted by atomic mass is 19.4. The molecule has 0 unspecified atom stereocenters. The summed E-state index contributed by atoms with van der Waals surface area (Å²) in [7, 11) is 0. The predicted octanol–water partition coefficient (Wildman–Crippen LogP) is 1.96. The van der Waals surface area contributed by atoms with Gasteiger partial charge in [0.15, 0.2) is 0 Å². The lowest BCUT2D eigenvalue weighted by molar-refractivity contribution is -0.164. The zero-order valence-corrected chi connectivity index (χ0v) is 14.0. The van der Waals surface area contributed by atoms with Crippen LogP contribution in [-0.4, -0.2) is 65.6 Å². The molecule has 1 fully saturated rings. The molecular formula is C16H20F3N3O3. The lowest BCUT2D eigenvalue weighted by Crippen LogP contribution is -2.54. The highest BCUT2D eigenvalue weighted by molar-refractivity contribution is 5.98. The van der Waals surface area contributed by atoms with Gasteiger partial charge in [0.2, 0.25) is 11.8 Å². The van der Waals surface area contributed by atoms with E-state index >= 15 is 0 Å². The summed E-state index contributed by atoms with van der Waals surface area (Å²) >= 11 is 0. The van der Waals surface area contributed by atoms with Crippen LogP contribution in [0.5, 0.6) is 5.88 Å². The standard InChI is InChI=1S/C16H20F3N3O3/c1-11(2)9-25-14-12(4-3-5-20-14)15(24)21-6-7-22(13(23)8-21)10-16(17,18)19/h3-5,11H,6-10H2,1-2H3. The van der Waals surface area contributed by atoms with Crippen molar-refractivity contribution in [1.82, 2.24) is 14.8 Å². The van der Waals surface area contributed by atoms with Gasteiger partial charge in [-0.15, -0.1) is 0 Å². The molecule has 1 aliphatic rings. The number of halogens is 3. The number of nitrogens with zero attached hydrogens (tertiary/aromatic N) is 3. The first-order chi connectivity index (χ1) is 11.7.